The Labute approximate surface area is 163 Å². The summed E-state index contributed by atoms with van der Waals surface area (Å²) in [4.78, 5) is 17.6. The zero-order valence-corrected chi connectivity index (χ0v) is 15.7. The summed E-state index contributed by atoms with van der Waals surface area (Å²) in [6, 6.07) is 10.6. The topological polar surface area (TPSA) is 115 Å². The third-order valence-corrected chi connectivity index (χ3v) is 4.77. The van der Waals surface area contributed by atoms with Crippen molar-refractivity contribution in [3.8, 4) is 33.5 Å². The van der Waals surface area contributed by atoms with E-state index >= 15 is 0 Å². The third-order valence-electron chi connectivity index (χ3n) is 3.88. The van der Waals surface area contributed by atoms with Crippen LogP contribution in [0.1, 0.15) is 10.5 Å². The molecule has 3 heterocycles. The molecule has 4 aromatic rings. The number of rotatable bonds is 6. The summed E-state index contributed by atoms with van der Waals surface area (Å²) in [6.07, 6.45) is 0. The number of thiophene rings is 1. The van der Waals surface area contributed by atoms with E-state index in [4.69, 9.17) is 14.0 Å². The zero-order valence-electron chi connectivity index (χ0n) is 14.9. The van der Waals surface area contributed by atoms with Gasteiger partial charge in [0.2, 0.25) is 5.95 Å². The van der Waals surface area contributed by atoms with Crippen molar-refractivity contribution in [2.45, 2.75) is 0 Å². The van der Waals surface area contributed by atoms with E-state index in [1.54, 1.807) is 38.5 Å². The van der Waals surface area contributed by atoms with Gasteiger partial charge in [-0.15, -0.1) is 16.4 Å². The fourth-order valence-corrected chi connectivity index (χ4v) is 3.19. The second kappa shape index (κ2) is 7.53. The van der Waals surface area contributed by atoms with E-state index in [0.29, 0.717) is 28.6 Å². The SMILES string of the molecule is COc1ccc(-c2nc(NC(=O)c3cc(-c4cccs4)on3)n[nH]2)c(OC)c1. The number of methoxy groups -OCH3 is 2. The molecule has 0 bridgehead atoms. The number of hydrogen-bond acceptors (Lipinski definition) is 8. The predicted molar refractivity (Wildman–Crippen MR) is 103 cm³/mol. The van der Waals surface area contributed by atoms with Gasteiger partial charge in [-0.25, -0.2) is 0 Å². The van der Waals surface area contributed by atoms with E-state index < -0.39 is 5.91 Å². The quantitative estimate of drug-likeness (QED) is 0.512. The highest BCUT2D eigenvalue weighted by Gasteiger charge is 2.17. The Bertz CT molecular complexity index is 1100. The minimum atomic E-state index is -0.473. The molecule has 0 fully saturated rings. The van der Waals surface area contributed by atoms with Crippen LogP contribution in [0.25, 0.3) is 22.0 Å². The molecular weight excluding hydrogens is 382 g/mol. The molecule has 4 rings (SSSR count). The number of aromatic amines is 1. The Morgan fingerprint density at radius 1 is 1.21 bits per heavy atom. The standard InChI is InChI=1S/C18H15N5O4S/c1-25-10-5-6-11(13(8-10)26-2)16-19-18(22-21-16)20-17(24)12-9-14(27-23-12)15-4-3-7-28-15/h3-9H,1-2H3,(H2,19,20,21,22,24). The molecule has 142 valence electrons. The Morgan fingerprint density at radius 2 is 2.11 bits per heavy atom. The van der Waals surface area contributed by atoms with Crippen molar-refractivity contribution >= 4 is 23.2 Å². The maximum absolute atomic E-state index is 12.4. The lowest BCUT2D eigenvalue weighted by molar-refractivity contribution is 0.101. The molecule has 1 amide bonds. The fraction of sp³-hybridized carbons (Fsp3) is 0.111. The first-order valence-corrected chi connectivity index (χ1v) is 9.02. The molecule has 0 aliphatic heterocycles. The number of carbonyl (C=O) groups excluding carboxylic acids is 1. The number of hydrogen-bond donors (Lipinski definition) is 2. The summed E-state index contributed by atoms with van der Waals surface area (Å²) in [6.45, 7) is 0. The highest BCUT2D eigenvalue weighted by molar-refractivity contribution is 7.13. The first-order chi connectivity index (χ1) is 13.7. The summed E-state index contributed by atoms with van der Waals surface area (Å²) < 4.78 is 15.8. The van der Waals surface area contributed by atoms with Crippen molar-refractivity contribution in [1.82, 2.24) is 20.3 Å². The summed E-state index contributed by atoms with van der Waals surface area (Å²) in [7, 11) is 3.12. The molecule has 0 saturated heterocycles. The van der Waals surface area contributed by atoms with Gasteiger partial charge >= 0.3 is 0 Å². The van der Waals surface area contributed by atoms with Crippen molar-refractivity contribution in [1.29, 1.82) is 0 Å². The lowest BCUT2D eigenvalue weighted by atomic mass is 10.2. The largest absolute Gasteiger partial charge is 0.497 e. The van der Waals surface area contributed by atoms with E-state index in [9.17, 15) is 4.79 Å². The van der Waals surface area contributed by atoms with Crippen molar-refractivity contribution in [2.75, 3.05) is 19.5 Å². The number of H-pyrrole nitrogens is 1. The van der Waals surface area contributed by atoms with Crippen LogP contribution in [-0.2, 0) is 0 Å². The second-order valence-electron chi connectivity index (χ2n) is 5.58. The van der Waals surface area contributed by atoms with Crippen LogP contribution in [0.3, 0.4) is 0 Å². The molecule has 0 spiro atoms. The summed E-state index contributed by atoms with van der Waals surface area (Å²) in [5.41, 5.74) is 0.814. The lowest BCUT2D eigenvalue weighted by Crippen LogP contribution is -2.13. The predicted octanol–water partition coefficient (Wildman–Crippen LogP) is 3.46. The summed E-state index contributed by atoms with van der Waals surface area (Å²) in [5, 5.41) is 15.1. The minimum Gasteiger partial charge on any atom is -0.497 e. The molecule has 3 aromatic heterocycles. The molecule has 28 heavy (non-hydrogen) atoms. The number of anilines is 1. The molecule has 0 radical (unpaired) electrons. The Morgan fingerprint density at radius 3 is 2.86 bits per heavy atom. The van der Waals surface area contributed by atoms with Gasteiger partial charge in [-0.1, -0.05) is 11.2 Å². The normalized spacial score (nSPS) is 10.6. The van der Waals surface area contributed by atoms with Gasteiger partial charge in [0, 0.05) is 12.1 Å². The van der Waals surface area contributed by atoms with Gasteiger partial charge in [-0.2, -0.15) is 4.98 Å². The number of amides is 1. The van der Waals surface area contributed by atoms with Crippen LogP contribution >= 0.6 is 11.3 Å². The summed E-state index contributed by atoms with van der Waals surface area (Å²) >= 11 is 1.50. The van der Waals surface area contributed by atoms with Gasteiger partial charge in [0.15, 0.2) is 17.3 Å². The van der Waals surface area contributed by atoms with Gasteiger partial charge < -0.3 is 14.0 Å². The van der Waals surface area contributed by atoms with E-state index in [1.165, 1.54) is 11.3 Å². The van der Waals surface area contributed by atoms with E-state index in [1.807, 2.05) is 17.5 Å². The van der Waals surface area contributed by atoms with Gasteiger partial charge in [0.25, 0.3) is 5.91 Å². The number of nitrogens with zero attached hydrogens (tertiary/aromatic N) is 3. The molecule has 2 N–H and O–H groups in total. The molecule has 0 aliphatic carbocycles. The summed E-state index contributed by atoms with van der Waals surface area (Å²) in [5.74, 6) is 1.82. The lowest BCUT2D eigenvalue weighted by Gasteiger charge is -2.07. The number of ether oxygens (including phenoxy) is 2. The highest BCUT2D eigenvalue weighted by atomic mass is 32.1. The minimum absolute atomic E-state index is 0.110. The van der Waals surface area contributed by atoms with Gasteiger partial charge in [-0.3, -0.25) is 15.2 Å². The van der Waals surface area contributed by atoms with Crippen LogP contribution in [0.4, 0.5) is 5.95 Å². The molecule has 0 unspecified atom stereocenters. The van der Waals surface area contributed by atoms with Crippen molar-refractivity contribution < 1.29 is 18.8 Å². The maximum Gasteiger partial charge on any atom is 0.280 e. The molecule has 1 aromatic carbocycles. The number of nitrogens with one attached hydrogen (secondary N) is 2. The number of benzene rings is 1. The molecule has 0 atom stereocenters. The van der Waals surface area contributed by atoms with Crippen LogP contribution < -0.4 is 14.8 Å². The van der Waals surface area contributed by atoms with E-state index in [2.05, 4.69) is 25.7 Å². The van der Waals surface area contributed by atoms with Crippen molar-refractivity contribution in [3.05, 3.63) is 47.5 Å². The fourth-order valence-electron chi connectivity index (χ4n) is 2.51. The van der Waals surface area contributed by atoms with Crippen molar-refractivity contribution in [2.24, 2.45) is 0 Å². The first kappa shape index (κ1) is 17.7. The van der Waals surface area contributed by atoms with Crippen LogP contribution in [0.5, 0.6) is 11.5 Å². The number of carbonyl (C=O) groups is 1. The monoisotopic (exact) mass is 397 g/mol. The smallest absolute Gasteiger partial charge is 0.280 e. The van der Waals surface area contributed by atoms with E-state index in [0.717, 1.165) is 4.88 Å². The average Bonchev–Trinajstić information content (AvgIpc) is 3.48. The highest BCUT2D eigenvalue weighted by Crippen LogP contribution is 2.31. The molecule has 10 heteroatoms. The van der Waals surface area contributed by atoms with Crippen LogP contribution in [-0.4, -0.2) is 40.5 Å². The zero-order chi connectivity index (χ0) is 19.5. The Hall–Kier alpha value is -3.66. The first-order valence-electron chi connectivity index (χ1n) is 8.14. The third kappa shape index (κ3) is 3.45. The second-order valence-corrected chi connectivity index (χ2v) is 6.53. The Balaban J connectivity index is 1.52. The van der Waals surface area contributed by atoms with Gasteiger partial charge in [0.05, 0.1) is 24.7 Å². The number of aromatic nitrogens is 4. The van der Waals surface area contributed by atoms with Crippen molar-refractivity contribution in [3.63, 3.8) is 0 Å². The van der Waals surface area contributed by atoms with Crippen LogP contribution in [0.2, 0.25) is 0 Å². The molecule has 0 saturated carbocycles. The van der Waals surface area contributed by atoms with Gasteiger partial charge in [0.1, 0.15) is 11.5 Å². The molecule has 0 aliphatic rings. The Kier molecular flexibility index (Phi) is 4.77. The molecular formula is C18H15N5O4S. The maximum atomic E-state index is 12.4. The molecule has 9 nitrogen and oxygen atoms in total. The van der Waals surface area contributed by atoms with E-state index in [-0.39, 0.29) is 11.6 Å². The van der Waals surface area contributed by atoms with Crippen LogP contribution in [0.15, 0.2) is 46.3 Å². The average molecular weight is 397 g/mol. The van der Waals surface area contributed by atoms with Gasteiger partial charge in [-0.05, 0) is 23.6 Å². The van der Waals surface area contributed by atoms with Crippen LogP contribution in [0, 0.1) is 0 Å².